The van der Waals surface area contributed by atoms with Crippen molar-refractivity contribution in [3.8, 4) is 0 Å². The maximum absolute atomic E-state index is 11.9. The van der Waals surface area contributed by atoms with Gasteiger partial charge in [-0.1, -0.05) is 57.4 Å². The SMILES string of the molecule is CCCC[C@H](C)C[C@@H](/C=C/[C@@H]1[C@@H](C/C=C\CCCC(=O)N(C)C)[C@@H](OC2CCCCO2)C[C@H]1O)OC1CCCCO1. The zero-order valence-corrected chi connectivity index (χ0v) is 26.4. The Balaban J connectivity index is 1.67. The molecule has 7 heteroatoms. The van der Waals surface area contributed by atoms with E-state index in [0.29, 0.717) is 18.8 Å². The first-order chi connectivity index (χ1) is 19.9. The molecule has 2 aliphatic heterocycles. The van der Waals surface area contributed by atoms with Crippen molar-refractivity contribution in [2.45, 2.75) is 141 Å². The highest BCUT2D eigenvalue weighted by molar-refractivity contribution is 5.75. The zero-order valence-electron chi connectivity index (χ0n) is 26.4. The Morgan fingerprint density at radius 1 is 1.05 bits per heavy atom. The molecular formula is C34H59NO6. The molecular weight excluding hydrogens is 518 g/mol. The van der Waals surface area contributed by atoms with Crippen molar-refractivity contribution in [3.63, 3.8) is 0 Å². The van der Waals surface area contributed by atoms with Crippen molar-refractivity contribution in [1.82, 2.24) is 4.90 Å². The molecule has 1 saturated carbocycles. The summed E-state index contributed by atoms with van der Waals surface area (Å²) in [7, 11) is 3.61. The van der Waals surface area contributed by atoms with Gasteiger partial charge in [-0.3, -0.25) is 4.79 Å². The molecule has 236 valence electrons. The fourth-order valence-corrected chi connectivity index (χ4v) is 6.33. The van der Waals surface area contributed by atoms with E-state index in [4.69, 9.17) is 18.9 Å². The Labute approximate surface area is 250 Å². The monoisotopic (exact) mass is 577 g/mol. The van der Waals surface area contributed by atoms with Crippen LogP contribution in [0.1, 0.15) is 110 Å². The number of aliphatic hydroxyl groups excluding tert-OH is 1. The smallest absolute Gasteiger partial charge is 0.222 e. The molecule has 0 radical (unpaired) electrons. The van der Waals surface area contributed by atoms with Crippen LogP contribution < -0.4 is 0 Å². The summed E-state index contributed by atoms with van der Waals surface area (Å²) < 4.78 is 24.8. The second-order valence-electron chi connectivity index (χ2n) is 12.7. The molecule has 2 heterocycles. The van der Waals surface area contributed by atoms with Crippen LogP contribution in [0.5, 0.6) is 0 Å². The lowest BCUT2D eigenvalue weighted by Crippen LogP contribution is -2.31. The van der Waals surface area contributed by atoms with E-state index in [1.165, 1.54) is 19.3 Å². The summed E-state index contributed by atoms with van der Waals surface area (Å²) in [5.41, 5.74) is 0. The van der Waals surface area contributed by atoms with Crippen molar-refractivity contribution in [2.75, 3.05) is 27.3 Å². The Morgan fingerprint density at radius 3 is 2.44 bits per heavy atom. The number of allylic oxidation sites excluding steroid dienone is 2. The van der Waals surface area contributed by atoms with Crippen LogP contribution in [0.4, 0.5) is 0 Å². The molecule has 2 unspecified atom stereocenters. The van der Waals surface area contributed by atoms with Gasteiger partial charge in [-0.15, -0.1) is 0 Å². The van der Waals surface area contributed by atoms with Crippen molar-refractivity contribution in [1.29, 1.82) is 0 Å². The van der Waals surface area contributed by atoms with E-state index in [-0.39, 0.29) is 42.5 Å². The molecule has 0 spiro atoms. The second kappa shape index (κ2) is 19.1. The topological polar surface area (TPSA) is 77.5 Å². The van der Waals surface area contributed by atoms with Gasteiger partial charge in [0.1, 0.15) is 0 Å². The summed E-state index contributed by atoms with van der Waals surface area (Å²) in [5.74, 6) is 0.894. The lowest BCUT2D eigenvalue weighted by molar-refractivity contribution is -0.195. The quantitative estimate of drug-likeness (QED) is 0.152. The zero-order chi connectivity index (χ0) is 29.5. The molecule has 3 rings (SSSR count). The van der Waals surface area contributed by atoms with Crippen molar-refractivity contribution in [3.05, 3.63) is 24.3 Å². The standard InChI is InChI=1S/C34H59NO6/c1-5-6-15-26(2)24-27(40-33-18-11-13-22-38-33)20-21-28-29(16-9-7-8-10-17-32(37)35(3)4)31(25-30(28)36)41-34-19-12-14-23-39-34/h7,9,20-21,26-31,33-34,36H,5-6,8,10-19,22-25H2,1-4H3/b9-7-,21-20+/t26-,27+,28+,29+,30+,31-,33?,34?/m0/s1. The van der Waals surface area contributed by atoms with E-state index in [0.717, 1.165) is 77.4 Å². The summed E-state index contributed by atoms with van der Waals surface area (Å²) in [6, 6.07) is 0. The first-order valence-electron chi connectivity index (χ1n) is 16.6. The molecule has 2 saturated heterocycles. The van der Waals surface area contributed by atoms with E-state index in [1.54, 1.807) is 19.0 Å². The fourth-order valence-electron chi connectivity index (χ4n) is 6.33. The largest absolute Gasteiger partial charge is 0.392 e. The Morgan fingerprint density at radius 2 is 1.78 bits per heavy atom. The molecule has 3 aliphatic rings. The first kappa shape index (κ1) is 34.2. The number of hydrogen-bond acceptors (Lipinski definition) is 6. The van der Waals surface area contributed by atoms with Crippen LogP contribution in [-0.4, -0.2) is 74.1 Å². The van der Waals surface area contributed by atoms with Crippen LogP contribution in [0.3, 0.4) is 0 Å². The number of unbranched alkanes of at least 4 members (excludes halogenated alkanes) is 2. The Bertz CT molecular complexity index is 773. The van der Waals surface area contributed by atoms with Crippen LogP contribution >= 0.6 is 0 Å². The number of ether oxygens (including phenoxy) is 4. The summed E-state index contributed by atoms with van der Waals surface area (Å²) in [5, 5.41) is 11.2. The summed E-state index contributed by atoms with van der Waals surface area (Å²) in [4.78, 5) is 13.5. The van der Waals surface area contributed by atoms with Gasteiger partial charge < -0.3 is 29.0 Å². The van der Waals surface area contributed by atoms with Crippen LogP contribution in [-0.2, 0) is 23.7 Å². The Kier molecular flexibility index (Phi) is 16.0. The van der Waals surface area contributed by atoms with Gasteiger partial charge in [0.15, 0.2) is 12.6 Å². The minimum Gasteiger partial charge on any atom is -0.392 e. The summed E-state index contributed by atoms with van der Waals surface area (Å²) in [6.07, 6.45) is 22.7. The highest BCUT2D eigenvalue weighted by Crippen LogP contribution is 2.40. The minimum atomic E-state index is -0.458. The van der Waals surface area contributed by atoms with Crippen LogP contribution in [0.25, 0.3) is 0 Å². The number of nitrogens with zero attached hydrogens (tertiary/aromatic N) is 1. The normalized spacial score (nSPS) is 30.7. The maximum Gasteiger partial charge on any atom is 0.222 e. The first-order valence-corrected chi connectivity index (χ1v) is 16.6. The van der Waals surface area contributed by atoms with Crippen LogP contribution in [0, 0.1) is 17.8 Å². The van der Waals surface area contributed by atoms with Gasteiger partial charge in [0.2, 0.25) is 5.91 Å². The molecule has 8 atom stereocenters. The third kappa shape index (κ3) is 12.5. The third-order valence-corrected chi connectivity index (χ3v) is 8.89. The summed E-state index contributed by atoms with van der Waals surface area (Å²) >= 11 is 0. The maximum atomic E-state index is 11.9. The number of carbonyl (C=O) groups excluding carboxylic acids is 1. The van der Waals surface area contributed by atoms with Crippen molar-refractivity contribution in [2.24, 2.45) is 17.8 Å². The van der Waals surface area contributed by atoms with Gasteiger partial charge >= 0.3 is 0 Å². The number of carbonyl (C=O) groups is 1. The third-order valence-electron chi connectivity index (χ3n) is 8.89. The van der Waals surface area contributed by atoms with Gasteiger partial charge in [-0.05, 0) is 76.0 Å². The van der Waals surface area contributed by atoms with Crippen LogP contribution in [0.2, 0.25) is 0 Å². The molecule has 7 nitrogen and oxygen atoms in total. The Hall–Kier alpha value is -1.25. The van der Waals surface area contributed by atoms with Gasteiger partial charge in [0.05, 0.1) is 18.3 Å². The van der Waals surface area contributed by atoms with E-state index >= 15 is 0 Å². The molecule has 41 heavy (non-hydrogen) atoms. The molecule has 0 bridgehead atoms. The molecule has 1 N–H and O–H groups in total. The molecule has 0 aromatic rings. The van der Waals surface area contributed by atoms with E-state index < -0.39 is 6.10 Å². The van der Waals surface area contributed by atoms with Crippen molar-refractivity contribution >= 4 is 5.91 Å². The predicted octanol–water partition coefficient (Wildman–Crippen LogP) is 6.78. The minimum absolute atomic E-state index is 0.00659. The highest BCUT2D eigenvalue weighted by Gasteiger charge is 2.42. The summed E-state index contributed by atoms with van der Waals surface area (Å²) in [6.45, 7) is 6.08. The van der Waals surface area contributed by atoms with Gasteiger partial charge in [-0.25, -0.2) is 0 Å². The highest BCUT2D eigenvalue weighted by atomic mass is 16.7. The molecule has 1 aliphatic carbocycles. The molecule has 1 amide bonds. The number of hydrogen-bond donors (Lipinski definition) is 1. The predicted molar refractivity (Wildman–Crippen MR) is 163 cm³/mol. The second-order valence-corrected chi connectivity index (χ2v) is 12.7. The lowest BCUT2D eigenvalue weighted by Gasteiger charge is -2.30. The number of rotatable bonds is 17. The van der Waals surface area contributed by atoms with E-state index in [1.807, 2.05) is 0 Å². The van der Waals surface area contributed by atoms with Crippen molar-refractivity contribution < 1.29 is 28.8 Å². The van der Waals surface area contributed by atoms with E-state index in [9.17, 15) is 9.90 Å². The van der Waals surface area contributed by atoms with Gasteiger partial charge in [0.25, 0.3) is 0 Å². The molecule has 0 aromatic heterocycles. The fraction of sp³-hybridized carbons (Fsp3) is 0.853. The van der Waals surface area contributed by atoms with E-state index in [2.05, 4.69) is 38.2 Å². The van der Waals surface area contributed by atoms with Gasteiger partial charge in [-0.2, -0.15) is 0 Å². The van der Waals surface area contributed by atoms with Gasteiger partial charge in [0, 0.05) is 46.1 Å². The number of amides is 1. The average molecular weight is 578 g/mol. The lowest BCUT2D eigenvalue weighted by atomic mass is 9.88. The molecule has 3 fully saturated rings. The molecule has 0 aromatic carbocycles. The van der Waals surface area contributed by atoms with Crippen LogP contribution in [0.15, 0.2) is 24.3 Å². The number of aliphatic hydroxyl groups is 1. The average Bonchev–Trinajstić information content (AvgIpc) is 3.26.